The van der Waals surface area contributed by atoms with Crippen molar-refractivity contribution in [2.24, 2.45) is 5.73 Å². The lowest BCUT2D eigenvalue weighted by Crippen LogP contribution is -1.94. The molecule has 0 saturated heterocycles. The normalized spacial score (nSPS) is 11.1. The Hall–Kier alpha value is -1.72. The summed E-state index contributed by atoms with van der Waals surface area (Å²) in [6, 6.07) is 8.27. The van der Waals surface area contributed by atoms with Crippen molar-refractivity contribution < 1.29 is 0 Å². The number of nitrogens with zero attached hydrogens (tertiary/aromatic N) is 2. The molecule has 2 heterocycles. The topological polar surface area (TPSA) is 67.6 Å². The molecule has 0 fully saturated rings. The van der Waals surface area contributed by atoms with Gasteiger partial charge in [-0.3, -0.25) is 0 Å². The average Bonchev–Trinajstić information content (AvgIpc) is 2.97. The van der Waals surface area contributed by atoms with Crippen LogP contribution in [0.5, 0.6) is 0 Å². The summed E-state index contributed by atoms with van der Waals surface area (Å²) in [6.07, 6.45) is 2.84. The molecule has 3 N–H and O–H groups in total. The van der Waals surface area contributed by atoms with E-state index < -0.39 is 0 Å². The van der Waals surface area contributed by atoms with Gasteiger partial charge in [-0.1, -0.05) is 29.5 Å². The number of nitrogens with two attached hydrogens (primary N) is 1. The molecule has 0 amide bonds. The lowest BCUT2D eigenvalue weighted by molar-refractivity contribution is 0.931. The van der Waals surface area contributed by atoms with Gasteiger partial charge in [-0.15, -0.1) is 10.2 Å². The van der Waals surface area contributed by atoms with Gasteiger partial charge in [0.15, 0.2) is 0 Å². The van der Waals surface area contributed by atoms with E-state index in [1.807, 2.05) is 18.3 Å². The highest BCUT2D eigenvalue weighted by Crippen LogP contribution is 2.22. The number of aromatic amines is 1. The molecular formula is C12H12N4S. The number of H-pyrrole nitrogens is 1. The Morgan fingerprint density at radius 2 is 2.00 bits per heavy atom. The lowest BCUT2D eigenvalue weighted by Gasteiger charge is -1.94. The van der Waals surface area contributed by atoms with E-state index in [9.17, 15) is 0 Å². The van der Waals surface area contributed by atoms with E-state index in [0.29, 0.717) is 6.54 Å². The van der Waals surface area contributed by atoms with Crippen LogP contribution in [0.4, 0.5) is 0 Å². The van der Waals surface area contributed by atoms with Crippen LogP contribution >= 0.6 is 11.3 Å². The van der Waals surface area contributed by atoms with Crippen molar-refractivity contribution in [3.63, 3.8) is 0 Å². The van der Waals surface area contributed by atoms with Gasteiger partial charge in [0, 0.05) is 30.1 Å². The number of hydrogen-bond donors (Lipinski definition) is 2. The third-order valence-electron chi connectivity index (χ3n) is 2.70. The van der Waals surface area contributed by atoms with Crippen molar-refractivity contribution in [3.8, 4) is 0 Å². The molecule has 0 aliphatic carbocycles. The summed E-state index contributed by atoms with van der Waals surface area (Å²) in [5.41, 5.74) is 7.94. The second kappa shape index (κ2) is 4.27. The standard InChI is InChI=1S/C12H12N4S/c13-6-12-16-15-11(17-12)5-8-7-14-10-4-2-1-3-9(8)10/h1-4,7,14H,5-6,13H2. The molecule has 4 nitrogen and oxygen atoms in total. The maximum Gasteiger partial charge on any atom is 0.131 e. The van der Waals surface area contributed by atoms with Gasteiger partial charge in [-0.05, 0) is 11.6 Å². The lowest BCUT2D eigenvalue weighted by atomic mass is 10.1. The van der Waals surface area contributed by atoms with Crippen molar-refractivity contribution in [2.75, 3.05) is 0 Å². The predicted octanol–water partition coefficient (Wildman–Crippen LogP) is 2.07. The van der Waals surface area contributed by atoms with Gasteiger partial charge in [0.1, 0.15) is 10.0 Å². The number of benzene rings is 1. The van der Waals surface area contributed by atoms with E-state index >= 15 is 0 Å². The summed E-state index contributed by atoms with van der Waals surface area (Å²) >= 11 is 1.58. The quantitative estimate of drug-likeness (QED) is 0.741. The van der Waals surface area contributed by atoms with Crippen molar-refractivity contribution in [3.05, 3.63) is 46.0 Å². The van der Waals surface area contributed by atoms with E-state index in [1.54, 1.807) is 11.3 Å². The number of nitrogens with one attached hydrogen (secondary N) is 1. The monoisotopic (exact) mass is 244 g/mol. The van der Waals surface area contributed by atoms with Crippen LogP contribution in [0.1, 0.15) is 15.6 Å². The smallest absolute Gasteiger partial charge is 0.131 e. The number of hydrogen-bond acceptors (Lipinski definition) is 4. The molecule has 0 bridgehead atoms. The Kier molecular flexibility index (Phi) is 2.62. The Balaban J connectivity index is 1.94. The van der Waals surface area contributed by atoms with E-state index in [4.69, 9.17) is 5.73 Å². The molecule has 0 atom stereocenters. The summed E-state index contributed by atoms with van der Waals surface area (Å²) in [4.78, 5) is 3.26. The molecule has 17 heavy (non-hydrogen) atoms. The largest absolute Gasteiger partial charge is 0.361 e. The zero-order valence-electron chi connectivity index (χ0n) is 9.18. The molecule has 3 rings (SSSR count). The van der Waals surface area contributed by atoms with Crippen LogP contribution in [0.2, 0.25) is 0 Å². The number of para-hydroxylation sites is 1. The van der Waals surface area contributed by atoms with Crippen LogP contribution in [-0.4, -0.2) is 15.2 Å². The summed E-state index contributed by atoms with van der Waals surface area (Å²) in [5.74, 6) is 0. The molecule has 0 aliphatic rings. The second-order valence-electron chi connectivity index (χ2n) is 3.83. The molecule has 0 saturated carbocycles. The van der Waals surface area contributed by atoms with Gasteiger partial charge >= 0.3 is 0 Å². The first-order valence-corrected chi connectivity index (χ1v) is 6.25. The number of fused-ring (bicyclic) bond motifs is 1. The molecule has 0 aliphatic heterocycles. The maximum absolute atomic E-state index is 5.53. The van der Waals surface area contributed by atoms with E-state index in [-0.39, 0.29) is 0 Å². The number of rotatable bonds is 3. The molecule has 0 radical (unpaired) electrons. The van der Waals surface area contributed by atoms with Crippen LogP contribution in [0.15, 0.2) is 30.5 Å². The highest BCUT2D eigenvalue weighted by Gasteiger charge is 2.07. The van der Waals surface area contributed by atoms with Crippen molar-refractivity contribution in [1.29, 1.82) is 0 Å². The molecular weight excluding hydrogens is 232 g/mol. The van der Waals surface area contributed by atoms with Crippen molar-refractivity contribution in [1.82, 2.24) is 15.2 Å². The zero-order valence-corrected chi connectivity index (χ0v) is 10.00. The fourth-order valence-electron chi connectivity index (χ4n) is 1.88. The van der Waals surface area contributed by atoms with Gasteiger partial charge in [0.2, 0.25) is 0 Å². The summed E-state index contributed by atoms with van der Waals surface area (Å²) in [6.45, 7) is 0.464. The van der Waals surface area contributed by atoms with Gasteiger partial charge in [-0.25, -0.2) is 0 Å². The van der Waals surface area contributed by atoms with Crippen LogP contribution < -0.4 is 5.73 Å². The fourth-order valence-corrected chi connectivity index (χ4v) is 2.63. The summed E-state index contributed by atoms with van der Waals surface area (Å²) in [7, 11) is 0. The Bertz CT molecular complexity index is 641. The average molecular weight is 244 g/mol. The van der Waals surface area contributed by atoms with Crippen LogP contribution in [0, 0.1) is 0 Å². The third-order valence-corrected chi connectivity index (χ3v) is 3.65. The first-order valence-electron chi connectivity index (χ1n) is 5.43. The predicted molar refractivity (Wildman–Crippen MR) is 68.9 cm³/mol. The minimum absolute atomic E-state index is 0.464. The summed E-state index contributed by atoms with van der Waals surface area (Å²) in [5, 5.41) is 11.3. The van der Waals surface area contributed by atoms with Gasteiger partial charge in [0.25, 0.3) is 0 Å². The molecule has 0 unspecified atom stereocenters. The van der Waals surface area contributed by atoms with E-state index in [0.717, 1.165) is 22.0 Å². The molecule has 3 aromatic rings. The van der Waals surface area contributed by atoms with E-state index in [1.165, 1.54) is 10.9 Å². The Labute approximate surface area is 102 Å². The van der Waals surface area contributed by atoms with E-state index in [2.05, 4.69) is 27.3 Å². The summed E-state index contributed by atoms with van der Waals surface area (Å²) < 4.78 is 0. The third kappa shape index (κ3) is 1.94. The first kappa shape index (κ1) is 10.4. The molecule has 2 aromatic heterocycles. The molecule has 0 spiro atoms. The fraction of sp³-hybridized carbons (Fsp3) is 0.167. The highest BCUT2D eigenvalue weighted by atomic mass is 32.1. The van der Waals surface area contributed by atoms with Gasteiger partial charge in [0.05, 0.1) is 0 Å². The first-order chi connectivity index (χ1) is 8.36. The van der Waals surface area contributed by atoms with Gasteiger partial charge < -0.3 is 10.7 Å². The molecule has 86 valence electrons. The SMILES string of the molecule is NCc1nnc(Cc2c[nH]c3ccccc23)s1. The maximum atomic E-state index is 5.53. The van der Waals surface area contributed by atoms with Crippen LogP contribution in [0.25, 0.3) is 10.9 Å². The van der Waals surface area contributed by atoms with Gasteiger partial charge in [-0.2, -0.15) is 0 Å². The molecule has 5 heteroatoms. The van der Waals surface area contributed by atoms with Crippen LogP contribution in [-0.2, 0) is 13.0 Å². The minimum atomic E-state index is 0.464. The van der Waals surface area contributed by atoms with Crippen LogP contribution in [0.3, 0.4) is 0 Å². The Morgan fingerprint density at radius 1 is 1.18 bits per heavy atom. The minimum Gasteiger partial charge on any atom is -0.361 e. The van der Waals surface area contributed by atoms with Crippen molar-refractivity contribution in [2.45, 2.75) is 13.0 Å². The Morgan fingerprint density at radius 3 is 2.82 bits per heavy atom. The van der Waals surface area contributed by atoms with Crippen molar-refractivity contribution >= 4 is 22.2 Å². The number of aromatic nitrogens is 3. The highest BCUT2D eigenvalue weighted by molar-refractivity contribution is 7.11. The molecule has 1 aromatic carbocycles. The zero-order chi connectivity index (χ0) is 11.7. The second-order valence-corrected chi connectivity index (χ2v) is 4.98.